The average Bonchev–Trinajstić information content (AvgIpc) is 2.95. The molecule has 1 aromatic heterocycles. The fraction of sp³-hybridized carbons (Fsp3) is 0. The van der Waals surface area contributed by atoms with Gasteiger partial charge < -0.3 is 10.3 Å². The number of nitrogens with zero attached hydrogens (tertiary/aromatic N) is 1. The van der Waals surface area contributed by atoms with Gasteiger partial charge >= 0.3 is 10.2 Å². The highest BCUT2D eigenvalue weighted by atomic mass is 32.5. The van der Waals surface area contributed by atoms with Gasteiger partial charge in [0.25, 0.3) is 0 Å². The molecule has 0 bridgehead atoms. The molecule has 0 aliphatic heterocycles. The van der Waals surface area contributed by atoms with Gasteiger partial charge in [-0.15, -0.1) is 0 Å². The van der Waals surface area contributed by atoms with Crippen LogP contribution in [0.3, 0.4) is 0 Å². The maximum Gasteiger partial charge on any atom is 0.310 e. The Labute approximate surface area is 145 Å². The maximum absolute atomic E-state index is 12.8. The molecule has 0 saturated heterocycles. The van der Waals surface area contributed by atoms with Crippen LogP contribution in [0.1, 0.15) is 5.56 Å². The van der Waals surface area contributed by atoms with Gasteiger partial charge in [-0.1, -0.05) is 32.1 Å². The molecule has 0 atom stereocenters. The molecule has 9 heteroatoms. The number of carbonyl (C=O) groups is 1. The van der Waals surface area contributed by atoms with Crippen LogP contribution >= 0.6 is 10.2 Å². The third kappa shape index (κ3) is 3.30. The first-order valence-corrected chi connectivity index (χ1v) is 9.16. The van der Waals surface area contributed by atoms with Crippen molar-refractivity contribution in [1.29, 1.82) is 0 Å². The number of nitrogens with two attached hydrogens (primary N) is 1. The Morgan fingerprint density at radius 2 is 1.58 bits per heavy atom. The highest BCUT2D eigenvalue weighted by molar-refractivity contribution is 8.45. The molecule has 2 N–H and O–H groups in total. The fourth-order valence-corrected chi connectivity index (χ4v) is 3.21. The second-order valence-corrected chi connectivity index (χ2v) is 8.17. The summed E-state index contributed by atoms with van der Waals surface area (Å²) in [4.78, 5) is 9.26. The van der Waals surface area contributed by atoms with E-state index in [4.69, 9.17) is 5.73 Å². The lowest BCUT2D eigenvalue weighted by molar-refractivity contribution is -0.112. The summed E-state index contributed by atoms with van der Waals surface area (Å²) in [5.74, 6) is -0.671. The number of fused-ring (bicyclic) bond motifs is 1. The van der Waals surface area contributed by atoms with E-state index in [-0.39, 0.29) is 11.3 Å². The van der Waals surface area contributed by atoms with E-state index in [0.29, 0.717) is 28.6 Å². The first-order chi connectivity index (χ1) is 11.8. The van der Waals surface area contributed by atoms with Crippen molar-refractivity contribution in [2.75, 3.05) is 0 Å². The number of halogens is 5. The maximum atomic E-state index is 12.8. The molecule has 1 heterocycles. The fourth-order valence-electron chi connectivity index (χ4n) is 2.56. The van der Waals surface area contributed by atoms with Crippen LogP contribution < -0.4 is 5.73 Å². The van der Waals surface area contributed by atoms with E-state index in [2.05, 4.69) is 6.58 Å². The van der Waals surface area contributed by atoms with E-state index in [1.165, 1.54) is 0 Å². The second-order valence-electron chi connectivity index (χ2n) is 5.77. The quantitative estimate of drug-likeness (QED) is 0.447. The number of benzene rings is 2. The Morgan fingerprint density at radius 3 is 2.12 bits per heavy atom. The molecule has 26 heavy (non-hydrogen) atoms. The van der Waals surface area contributed by atoms with Crippen molar-refractivity contribution in [1.82, 2.24) is 4.57 Å². The number of amides is 1. The first-order valence-electron chi connectivity index (χ1n) is 7.21. The van der Waals surface area contributed by atoms with E-state index in [0.717, 1.165) is 12.1 Å². The number of hydrogen-bond acceptors (Lipinski definition) is 1. The predicted octanol–water partition coefficient (Wildman–Crippen LogP) is 5.79. The van der Waals surface area contributed by atoms with Crippen molar-refractivity contribution in [3.63, 3.8) is 0 Å². The smallest absolute Gasteiger partial charge is 0.310 e. The second kappa shape index (κ2) is 4.88. The molecule has 0 spiro atoms. The summed E-state index contributed by atoms with van der Waals surface area (Å²) >= 11 is 0. The van der Waals surface area contributed by atoms with Crippen molar-refractivity contribution in [2.24, 2.45) is 5.73 Å². The molecule has 3 rings (SSSR count). The molecule has 2 aromatic carbocycles. The van der Waals surface area contributed by atoms with Crippen LogP contribution in [-0.2, 0) is 4.79 Å². The van der Waals surface area contributed by atoms with Crippen LogP contribution in [0.5, 0.6) is 0 Å². The van der Waals surface area contributed by atoms with Crippen molar-refractivity contribution in [3.8, 4) is 5.69 Å². The van der Waals surface area contributed by atoms with E-state index in [1.807, 2.05) is 0 Å². The lowest BCUT2D eigenvalue weighted by atomic mass is 10.1. The van der Waals surface area contributed by atoms with E-state index in [9.17, 15) is 24.2 Å². The van der Waals surface area contributed by atoms with Crippen molar-refractivity contribution >= 4 is 32.6 Å². The molecule has 1 amide bonds. The zero-order chi connectivity index (χ0) is 19.4. The van der Waals surface area contributed by atoms with Gasteiger partial charge in [-0.05, 0) is 48.0 Å². The largest absolute Gasteiger partial charge is 0.366 e. The first kappa shape index (κ1) is 18.0. The minimum atomic E-state index is -9.70. The molecular weight excluding hydrogens is 375 g/mol. The SMILES string of the molecule is C=C(C(N)=O)c1ccc2c(ccn2-c2ccc(S(F)(F)(F)(F)F)cc2)c1. The van der Waals surface area contributed by atoms with Crippen LogP contribution in [0.15, 0.2) is 66.2 Å². The summed E-state index contributed by atoms with van der Waals surface area (Å²) in [6, 6.07) is 9.24. The third-order valence-electron chi connectivity index (χ3n) is 3.90. The van der Waals surface area contributed by atoms with Crippen LogP contribution in [0.25, 0.3) is 22.2 Å². The van der Waals surface area contributed by atoms with Gasteiger partial charge in [-0.2, -0.15) is 0 Å². The van der Waals surface area contributed by atoms with Gasteiger partial charge in [0.15, 0.2) is 0 Å². The molecule has 3 aromatic rings. The van der Waals surface area contributed by atoms with Crippen LogP contribution in [-0.4, -0.2) is 10.5 Å². The summed E-state index contributed by atoms with van der Waals surface area (Å²) in [6.45, 7) is 3.59. The number of primary amides is 1. The highest BCUT2D eigenvalue weighted by Crippen LogP contribution is 3.02. The van der Waals surface area contributed by atoms with E-state index >= 15 is 0 Å². The third-order valence-corrected chi connectivity index (χ3v) is 5.06. The average molecular weight is 388 g/mol. The van der Waals surface area contributed by atoms with Gasteiger partial charge in [0.1, 0.15) is 4.90 Å². The van der Waals surface area contributed by atoms with Gasteiger partial charge in [0.05, 0.1) is 5.52 Å². The summed E-state index contributed by atoms with van der Waals surface area (Å²) in [5.41, 5.74) is 6.72. The van der Waals surface area contributed by atoms with Gasteiger partial charge in [-0.3, -0.25) is 4.79 Å². The lowest BCUT2D eigenvalue weighted by Gasteiger charge is -2.40. The zero-order valence-corrected chi connectivity index (χ0v) is 14.0. The molecule has 0 fully saturated rings. The molecular formula is C17H13F5N2OS. The van der Waals surface area contributed by atoms with E-state index in [1.54, 1.807) is 35.0 Å². The Hall–Kier alpha value is -2.81. The van der Waals surface area contributed by atoms with E-state index < -0.39 is 21.0 Å². The monoisotopic (exact) mass is 388 g/mol. The van der Waals surface area contributed by atoms with Crippen LogP contribution in [0.4, 0.5) is 19.4 Å². The van der Waals surface area contributed by atoms with Crippen LogP contribution in [0.2, 0.25) is 0 Å². The number of hydrogen-bond donors (Lipinski definition) is 1. The molecule has 0 aliphatic carbocycles. The normalized spacial score (nSPS) is 14.7. The number of rotatable bonds is 4. The Balaban J connectivity index is 2.04. The molecule has 0 aliphatic rings. The number of aromatic nitrogens is 1. The molecule has 0 radical (unpaired) electrons. The summed E-state index contributed by atoms with van der Waals surface area (Å²) in [7, 11) is -9.70. The van der Waals surface area contributed by atoms with Crippen molar-refractivity contribution in [2.45, 2.75) is 4.90 Å². The van der Waals surface area contributed by atoms with Crippen LogP contribution in [0, 0.1) is 0 Å². The molecule has 138 valence electrons. The minimum Gasteiger partial charge on any atom is -0.366 e. The lowest BCUT2D eigenvalue weighted by Crippen LogP contribution is -2.11. The van der Waals surface area contributed by atoms with Gasteiger partial charge in [-0.25, -0.2) is 0 Å². The summed E-state index contributed by atoms with van der Waals surface area (Å²) in [5, 5.41) is 0.682. The Bertz CT molecular complexity index is 1050. The Kier molecular flexibility index (Phi) is 3.38. The van der Waals surface area contributed by atoms with Gasteiger partial charge in [0.2, 0.25) is 5.91 Å². The molecule has 0 saturated carbocycles. The summed E-state index contributed by atoms with van der Waals surface area (Å²) in [6.07, 6.45) is 1.58. The predicted molar refractivity (Wildman–Crippen MR) is 92.9 cm³/mol. The number of carbonyl (C=O) groups excluding carboxylic acids is 1. The summed E-state index contributed by atoms with van der Waals surface area (Å²) < 4.78 is 65.6. The van der Waals surface area contributed by atoms with Crippen molar-refractivity contribution < 1.29 is 24.2 Å². The topological polar surface area (TPSA) is 48.0 Å². The zero-order valence-electron chi connectivity index (χ0n) is 13.1. The minimum absolute atomic E-state index is 0.125. The standard InChI is InChI=1S/C17H13F5N2OS/c1-11(17(23)25)12-2-7-16-13(10-12)8-9-24(16)14-3-5-15(6-4-14)26(18,19,20,21)22/h2-10H,1H2,(H2,23,25). The van der Waals surface area contributed by atoms with Crippen molar-refractivity contribution in [3.05, 3.63) is 66.9 Å². The Morgan fingerprint density at radius 1 is 0.962 bits per heavy atom. The van der Waals surface area contributed by atoms with Gasteiger partial charge in [0, 0.05) is 22.8 Å². The highest BCUT2D eigenvalue weighted by Gasteiger charge is 2.65. The molecule has 0 unspecified atom stereocenters. The molecule has 3 nitrogen and oxygen atoms in total.